The van der Waals surface area contributed by atoms with E-state index in [9.17, 15) is 4.79 Å². The summed E-state index contributed by atoms with van der Waals surface area (Å²) in [6.07, 6.45) is 6.41. The summed E-state index contributed by atoms with van der Waals surface area (Å²) >= 11 is 1.27. The molecule has 2 N–H and O–H groups in total. The van der Waals surface area contributed by atoms with E-state index in [1.165, 1.54) is 11.3 Å². The van der Waals surface area contributed by atoms with Gasteiger partial charge in [0.25, 0.3) is 5.19 Å². The van der Waals surface area contributed by atoms with E-state index in [1.54, 1.807) is 12.5 Å². The first-order valence-corrected chi connectivity index (χ1v) is 5.99. The number of carbonyl (C=O) groups is 1. The molecule has 0 unspecified atom stereocenters. The normalized spacial score (nSPS) is 10.4. The molecule has 0 saturated carbocycles. The van der Waals surface area contributed by atoms with E-state index >= 15 is 0 Å². The second-order valence-electron chi connectivity index (χ2n) is 3.43. The number of nitrogens with zero attached hydrogens (tertiary/aromatic N) is 3. The zero-order valence-corrected chi connectivity index (χ0v) is 9.89. The molecular weight excluding hydrogens is 240 g/mol. The molecule has 7 heteroatoms. The predicted molar refractivity (Wildman–Crippen MR) is 62.9 cm³/mol. The van der Waals surface area contributed by atoms with E-state index in [0.29, 0.717) is 5.19 Å². The lowest BCUT2D eigenvalue weighted by atomic mass is 10.2. The van der Waals surface area contributed by atoms with E-state index in [2.05, 4.69) is 14.7 Å². The van der Waals surface area contributed by atoms with Crippen molar-refractivity contribution in [2.75, 3.05) is 0 Å². The molecule has 2 rings (SSSR count). The van der Waals surface area contributed by atoms with Crippen molar-refractivity contribution in [3.05, 3.63) is 29.8 Å². The largest absolute Gasteiger partial charge is 0.411 e. The maximum Gasteiger partial charge on any atom is 0.411 e. The third-order valence-electron chi connectivity index (χ3n) is 2.13. The Morgan fingerprint density at radius 1 is 1.59 bits per heavy atom. The predicted octanol–water partition coefficient (Wildman–Crippen LogP) is 1.43. The summed E-state index contributed by atoms with van der Waals surface area (Å²) in [5, 5.41) is 2.17. The van der Waals surface area contributed by atoms with Gasteiger partial charge in [-0.05, 0) is 12.8 Å². The van der Waals surface area contributed by atoms with Crippen LogP contribution < -0.4 is 10.5 Å². The highest BCUT2D eigenvalue weighted by atomic mass is 32.1. The summed E-state index contributed by atoms with van der Waals surface area (Å²) in [5.41, 5.74) is 5.80. The summed E-state index contributed by atoms with van der Waals surface area (Å²) in [6.45, 7) is 0.892. The molecule has 17 heavy (non-hydrogen) atoms. The van der Waals surface area contributed by atoms with Gasteiger partial charge in [-0.15, -0.1) is 0 Å². The van der Waals surface area contributed by atoms with Crippen LogP contribution in [-0.4, -0.2) is 20.6 Å². The second kappa shape index (κ2) is 5.44. The Morgan fingerprint density at radius 2 is 2.47 bits per heavy atom. The van der Waals surface area contributed by atoms with Gasteiger partial charge in [0.1, 0.15) is 0 Å². The molecule has 2 aromatic heterocycles. The monoisotopic (exact) mass is 252 g/mol. The number of amides is 1. The van der Waals surface area contributed by atoms with Crippen molar-refractivity contribution in [3.8, 4) is 5.19 Å². The molecule has 0 atom stereocenters. The topological polar surface area (TPSA) is 83.0 Å². The SMILES string of the molecule is NC(=O)Oc1nc(CCCn2ccnc2)cs1. The number of carbonyl (C=O) groups excluding carboxylic acids is 1. The number of imidazole rings is 1. The Labute approximate surface area is 102 Å². The lowest BCUT2D eigenvalue weighted by molar-refractivity contribution is 0.210. The van der Waals surface area contributed by atoms with Gasteiger partial charge >= 0.3 is 6.09 Å². The number of primary amides is 1. The summed E-state index contributed by atoms with van der Waals surface area (Å²) in [6, 6.07) is 0. The molecule has 0 aliphatic heterocycles. The van der Waals surface area contributed by atoms with Crippen molar-refractivity contribution in [2.24, 2.45) is 5.73 Å². The third kappa shape index (κ3) is 3.56. The molecule has 0 saturated heterocycles. The van der Waals surface area contributed by atoms with Crippen molar-refractivity contribution >= 4 is 17.4 Å². The smallest absolute Gasteiger partial charge is 0.381 e. The highest BCUT2D eigenvalue weighted by Gasteiger charge is 2.05. The molecule has 2 heterocycles. The lowest BCUT2D eigenvalue weighted by Gasteiger charge is -1.99. The highest BCUT2D eigenvalue weighted by molar-refractivity contribution is 7.11. The first-order valence-electron chi connectivity index (χ1n) is 5.11. The fourth-order valence-electron chi connectivity index (χ4n) is 1.40. The molecule has 0 aromatic carbocycles. The number of rotatable bonds is 5. The Morgan fingerprint density at radius 3 is 3.18 bits per heavy atom. The molecule has 0 aliphatic rings. The summed E-state index contributed by atoms with van der Waals surface area (Å²) < 4.78 is 6.69. The van der Waals surface area contributed by atoms with Crippen molar-refractivity contribution in [2.45, 2.75) is 19.4 Å². The average Bonchev–Trinajstić information content (AvgIpc) is 2.89. The molecule has 2 aromatic rings. The van der Waals surface area contributed by atoms with Crippen molar-refractivity contribution in [3.63, 3.8) is 0 Å². The van der Waals surface area contributed by atoms with Crippen molar-refractivity contribution in [1.29, 1.82) is 0 Å². The van der Waals surface area contributed by atoms with Crippen LogP contribution in [0.15, 0.2) is 24.1 Å². The van der Waals surface area contributed by atoms with E-state index in [1.807, 2.05) is 16.1 Å². The average molecular weight is 252 g/mol. The van der Waals surface area contributed by atoms with Gasteiger partial charge in [0, 0.05) is 24.3 Å². The maximum absolute atomic E-state index is 10.5. The third-order valence-corrected chi connectivity index (χ3v) is 2.89. The van der Waals surface area contributed by atoms with Crippen LogP contribution in [-0.2, 0) is 13.0 Å². The van der Waals surface area contributed by atoms with E-state index in [4.69, 9.17) is 5.73 Å². The number of thiazole rings is 1. The molecule has 0 spiro atoms. The molecule has 0 radical (unpaired) electrons. The minimum Gasteiger partial charge on any atom is -0.381 e. The first kappa shape index (κ1) is 11.6. The van der Waals surface area contributed by atoms with Gasteiger partial charge in [-0.1, -0.05) is 11.3 Å². The number of aryl methyl sites for hydroxylation is 2. The molecule has 0 fully saturated rings. The van der Waals surface area contributed by atoms with E-state index < -0.39 is 6.09 Å². The summed E-state index contributed by atoms with van der Waals surface area (Å²) in [5.74, 6) is 0. The standard InChI is InChI=1S/C10H12N4O2S/c11-9(15)16-10-13-8(6-17-10)2-1-4-14-5-3-12-7-14/h3,5-7H,1-2,4H2,(H2,11,15). The van der Waals surface area contributed by atoms with E-state index in [-0.39, 0.29) is 0 Å². The molecule has 6 nitrogen and oxygen atoms in total. The molecule has 0 bridgehead atoms. The minimum atomic E-state index is -0.829. The van der Waals surface area contributed by atoms with Crippen LogP contribution in [0.2, 0.25) is 0 Å². The van der Waals surface area contributed by atoms with Gasteiger partial charge in [0.15, 0.2) is 0 Å². The number of aromatic nitrogens is 3. The van der Waals surface area contributed by atoms with Gasteiger partial charge in [-0.3, -0.25) is 0 Å². The zero-order chi connectivity index (χ0) is 12.1. The Bertz CT molecular complexity index is 480. The van der Waals surface area contributed by atoms with Crippen molar-refractivity contribution in [1.82, 2.24) is 14.5 Å². The minimum absolute atomic E-state index is 0.301. The number of hydrogen-bond donors (Lipinski definition) is 1. The second-order valence-corrected chi connectivity index (χ2v) is 4.25. The van der Waals surface area contributed by atoms with Crippen LogP contribution in [0, 0.1) is 0 Å². The quantitative estimate of drug-likeness (QED) is 0.872. The maximum atomic E-state index is 10.5. The van der Waals surface area contributed by atoms with Gasteiger partial charge < -0.3 is 15.0 Å². The fourth-order valence-corrected chi connectivity index (χ4v) is 2.11. The fraction of sp³-hybridized carbons (Fsp3) is 0.300. The molecular formula is C10H12N4O2S. The van der Waals surface area contributed by atoms with Crippen LogP contribution in [0.25, 0.3) is 0 Å². The number of nitrogens with two attached hydrogens (primary N) is 1. The first-order chi connectivity index (χ1) is 8.24. The Hall–Kier alpha value is -1.89. The van der Waals surface area contributed by atoms with Crippen LogP contribution in [0.5, 0.6) is 5.19 Å². The van der Waals surface area contributed by atoms with Crippen LogP contribution in [0.4, 0.5) is 4.79 Å². The van der Waals surface area contributed by atoms with Gasteiger partial charge in [-0.2, -0.15) is 0 Å². The van der Waals surface area contributed by atoms with Crippen LogP contribution in [0.3, 0.4) is 0 Å². The Kier molecular flexibility index (Phi) is 3.71. The van der Waals surface area contributed by atoms with Crippen LogP contribution in [0.1, 0.15) is 12.1 Å². The van der Waals surface area contributed by atoms with Crippen LogP contribution >= 0.6 is 11.3 Å². The summed E-state index contributed by atoms with van der Waals surface area (Å²) in [7, 11) is 0. The summed E-state index contributed by atoms with van der Waals surface area (Å²) in [4.78, 5) is 18.6. The zero-order valence-electron chi connectivity index (χ0n) is 9.07. The molecule has 0 aliphatic carbocycles. The van der Waals surface area contributed by atoms with Gasteiger partial charge in [0.2, 0.25) is 0 Å². The number of hydrogen-bond acceptors (Lipinski definition) is 5. The lowest BCUT2D eigenvalue weighted by Crippen LogP contribution is -2.16. The molecule has 1 amide bonds. The van der Waals surface area contributed by atoms with E-state index in [0.717, 1.165) is 25.1 Å². The number of ether oxygens (including phenoxy) is 1. The highest BCUT2D eigenvalue weighted by Crippen LogP contribution is 2.19. The Balaban J connectivity index is 1.79. The molecule has 90 valence electrons. The van der Waals surface area contributed by atoms with Gasteiger partial charge in [0.05, 0.1) is 12.0 Å². The van der Waals surface area contributed by atoms with Crippen molar-refractivity contribution < 1.29 is 9.53 Å². The van der Waals surface area contributed by atoms with Gasteiger partial charge in [-0.25, -0.2) is 14.8 Å².